The van der Waals surface area contributed by atoms with Crippen molar-refractivity contribution in [3.63, 3.8) is 0 Å². The quantitative estimate of drug-likeness (QED) is 0.717. The molecule has 0 N–H and O–H groups in total. The molecule has 1 rings (SSSR count). The van der Waals surface area contributed by atoms with Crippen LogP contribution in [0.25, 0.3) is 0 Å². The second-order valence-corrected chi connectivity index (χ2v) is 5.26. The highest BCUT2D eigenvalue weighted by Gasteiger charge is 2.06. The summed E-state index contributed by atoms with van der Waals surface area (Å²) in [5.41, 5.74) is 0. The van der Waals surface area contributed by atoms with Crippen molar-refractivity contribution in [1.29, 1.82) is 0 Å². The summed E-state index contributed by atoms with van der Waals surface area (Å²) in [4.78, 5) is 1.66. The Morgan fingerprint density at radius 1 is 1.60 bits per heavy atom. The average Bonchev–Trinajstić information content (AvgIpc) is 2.34. The van der Waals surface area contributed by atoms with Gasteiger partial charge in [-0.1, -0.05) is 43.5 Å². The second-order valence-electron chi connectivity index (χ2n) is 1.76. The molecule has 10 heavy (non-hydrogen) atoms. The first-order valence-corrected chi connectivity index (χ1v) is 5.92. The molecule has 0 bridgehead atoms. The molecule has 0 aliphatic rings. The lowest BCUT2D eigenvalue weighted by atomic mass is 10.4. The number of halogens is 3. The van der Waals surface area contributed by atoms with Gasteiger partial charge in [0.2, 0.25) is 0 Å². The van der Waals surface area contributed by atoms with E-state index in [-0.39, 0.29) is 0 Å². The third kappa shape index (κ3) is 2.22. The molecule has 0 aliphatic heterocycles. The number of hydrogen-bond donors (Lipinski definition) is 0. The van der Waals surface area contributed by atoms with Gasteiger partial charge in [0.15, 0.2) is 0 Å². The Morgan fingerprint density at radius 3 is 2.70 bits per heavy atom. The summed E-state index contributed by atoms with van der Waals surface area (Å²) < 4.78 is 0.848. The van der Waals surface area contributed by atoms with Crippen molar-refractivity contribution in [3.05, 3.63) is 21.3 Å². The van der Waals surface area contributed by atoms with Gasteiger partial charge in [-0.05, 0) is 12.1 Å². The van der Waals surface area contributed by atoms with Crippen LogP contribution in [-0.2, 0) is 0 Å². The highest BCUT2D eigenvalue weighted by atomic mass is 79.9. The maximum absolute atomic E-state index is 5.74. The Bertz CT molecular complexity index is 211. The Morgan fingerprint density at radius 2 is 2.30 bits per heavy atom. The smallest absolute Gasteiger partial charge is 0.0931 e. The highest BCUT2D eigenvalue weighted by molar-refractivity contribution is 9.12. The van der Waals surface area contributed by atoms with Gasteiger partial charge in [0, 0.05) is 10.2 Å². The first-order valence-electron chi connectivity index (χ1n) is 2.69. The van der Waals surface area contributed by atoms with Gasteiger partial charge in [0.25, 0.3) is 0 Å². The predicted octanol–water partition coefficient (Wildman–Crippen LogP) is 4.23. The molecule has 1 unspecified atom stereocenters. The minimum Gasteiger partial charge on any atom is -0.127 e. The van der Waals surface area contributed by atoms with E-state index < -0.39 is 0 Å². The van der Waals surface area contributed by atoms with Crippen LogP contribution in [-0.4, -0.2) is 5.33 Å². The number of alkyl halides is 2. The van der Waals surface area contributed by atoms with Crippen molar-refractivity contribution in [3.8, 4) is 0 Å². The summed E-state index contributed by atoms with van der Waals surface area (Å²) in [7, 11) is 0. The third-order valence-electron chi connectivity index (χ3n) is 1.04. The van der Waals surface area contributed by atoms with E-state index in [0.29, 0.717) is 4.83 Å². The first kappa shape index (κ1) is 9.04. The first-order chi connectivity index (χ1) is 4.74. The minimum absolute atomic E-state index is 0.394. The van der Waals surface area contributed by atoms with Crippen molar-refractivity contribution in [2.45, 2.75) is 4.83 Å². The van der Waals surface area contributed by atoms with E-state index in [1.165, 1.54) is 4.88 Å². The van der Waals surface area contributed by atoms with Gasteiger partial charge in [0.1, 0.15) is 0 Å². The molecule has 0 saturated carbocycles. The fourth-order valence-electron chi connectivity index (χ4n) is 0.573. The molecule has 56 valence electrons. The van der Waals surface area contributed by atoms with E-state index in [1.54, 1.807) is 11.3 Å². The number of rotatable bonds is 2. The highest BCUT2D eigenvalue weighted by Crippen LogP contribution is 2.32. The van der Waals surface area contributed by atoms with Gasteiger partial charge in [-0.15, -0.1) is 11.3 Å². The molecule has 1 aromatic rings. The summed E-state index contributed by atoms with van der Waals surface area (Å²) >= 11 is 14.2. The van der Waals surface area contributed by atoms with Crippen molar-refractivity contribution in [2.75, 3.05) is 5.33 Å². The molecule has 1 atom stereocenters. The summed E-state index contributed by atoms with van der Waals surface area (Å²) in [5, 5.41) is 0.920. The summed E-state index contributed by atoms with van der Waals surface area (Å²) in [6.07, 6.45) is 0. The van der Waals surface area contributed by atoms with E-state index in [2.05, 4.69) is 31.9 Å². The molecule has 0 amide bonds. The van der Waals surface area contributed by atoms with Gasteiger partial charge >= 0.3 is 0 Å². The van der Waals surface area contributed by atoms with E-state index in [1.807, 2.05) is 12.1 Å². The molecule has 0 spiro atoms. The lowest BCUT2D eigenvalue weighted by Gasteiger charge is -1.98. The minimum atomic E-state index is 0.394. The Hall–Kier alpha value is 0.950. The van der Waals surface area contributed by atoms with E-state index >= 15 is 0 Å². The van der Waals surface area contributed by atoms with Gasteiger partial charge in [0.05, 0.1) is 9.16 Å². The average molecular weight is 304 g/mol. The van der Waals surface area contributed by atoms with Crippen LogP contribution in [0.2, 0.25) is 4.34 Å². The second kappa shape index (κ2) is 4.10. The summed E-state index contributed by atoms with van der Waals surface area (Å²) in [6, 6.07) is 3.95. The van der Waals surface area contributed by atoms with Gasteiger partial charge in [-0.25, -0.2) is 0 Å². The van der Waals surface area contributed by atoms with E-state index in [0.717, 1.165) is 9.67 Å². The molecular weight excluding hydrogens is 299 g/mol. The molecule has 1 aromatic heterocycles. The van der Waals surface area contributed by atoms with Crippen molar-refractivity contribution in [2.24, 2.45) is 0 Å². The molecule has 4 heteroatoms. The number of hydrogen-bond acceptors (Lipinski definition) is 1. The lowest BCUT2D eigenvalue weighted by molar-refractivity contribution is 1.20. The van der Waals surface area contributed by atoms with E-state index in [4.69, 9.17) is 11.6 Å². The lowest BCUT2D eigenvalue weighted by Crippen LogP contribution is -1.83. The topological polar surface area (TPSA) is 0 Å². The Labute approximate surface area is 85.8 Å². The number of thiophene rings is 1. The molecule has 0 aromatic carbocycles. The third-order valence-corrected chi connectivity index (χ3v) is 5.02. The Balaban J connectivity index is 2.74. The van der Waals surface area contributed by atoms with Crippen molar-refractivity contribution < 1.29 is 0 Å². The summed E-state index contributed by atoms with van der Waals surface area (Å²) in [6.45, 7) is 0. The fraction of sp³-hybridized carbons (Fsp3) is 0.333. The maximum atomic E-state index is 5.74. The summed E-state index contributed by atoms with van der Waals surface area (Å²) in [5.74, 6) is 0. The van der Waals surface area contributed by atoms with Crippen LogP contribution in [0.4, 0.5) is 0 Å². The molecule has 1 heterocycles. The molecule has 0 saturated heterocycles. The van der Waals surface area contributed by atoms with Crippen molar-refractivity contribution >= 4 is 54.8 Å². The molecule has 0 fully saturated rings. The monoisotopic (exact) mass is 302 g/mol. The van der Waals surface area contributed by atoms with Gasteiger partial charge in [-0.3, -0.25) is 0 Å². The standard InChI is InChI=1S/C6H5Br2ClS/c7-3-4(8)5-1-2-6(9)10-5/h1-2,4H,3H2. The van der Waals surface area contributed by atoms with Crippen LogP contribution in [0.1, 0.15) is 9.70 Å². The van der Waals surface area contributed by atoms with Crippen LogP contribution in [0.15, 0.2) is 12.1 Å². The van der Waals surface area contributed by atoms with Crippen LogP contribution >= 0.6 is 54.8 Å². The van der Waals surface area contributed by atoms with Crippen molar-refractivity contribution in [1.82, 2.24) is 0 Å². The largest absolute Gasteiger partial charge is 0.127 e. The Kier molecular flexibility index (Phi) is 3.70. The molecule has 0 radical (unpaired) electrons. The molecular formula is C6H5Br2ClS. The van der Waals surface area contributed by atoms with Gasteiger partial charge < -0.3 is 0 Å². The van der Waals surface area contributed by atoms with Gasteiger partial charge in [-0.2, -0.15) is 0 Å². The normalized spacial score (nSPS) is 13.5. The SMILES string of the molecule is Clc1ccc(C(Br)CBr)s1. The zero-order valence-corrected chi connectivity index (χ0v) is 9.73. The predicted molar refractivity (Wildman–Crippen MR) is 54.8 cm³/mol. The molecule has 0 nitrogen and oxygen atoms in total. The van der Waals surface area contributed by atoms with Crippen LogP contribution in [0.5, 0.6) is 0 Å². The van der Waals surface area contributed by atoms with Crippen LogP contribution in [0.3, 0.4) is 0 Å². The van der Waals surface area contributed by atoms with E-state index in [9.17, 15) is 0 Å². The van der Waals surface area contributed by atoms with Crippen LogP contribution in [0, 0.1) is 0 Å². The zero-order valence-electron chi connectivity index (χ0n) is 4.98. The molecule has 0 aliphatic carbocycles. The maximum Gasteiger partial charge on any atom is 0.0931 e. The van der Waals surface area contributed by atoms with Crippen LogP contribution < -0.4 is 0 Å². The fourth-order valence-corrected chi connectivity index (χ4v) is 2.61. The zero-order chi connectivity index (χ0) is 7.56.